The van der Waals surface area contributed by atoms with Crippen LogP contribution in [0.25, 0.3) is 0 Å². The normalized spacial score (nSPS) is 23.7. The van der Waals surface area contributed by atoms with Crippen LogP contribution >= 0.6 is 15.9 Å². The van der Waals surface area contributed by atoms with Crippen LogP contribution in [0, 0.1) is 5.92 Å². The molecule has 0 bridgehead atoms. The van der Waals surface area contributed by atoms with Crippen molar-refractivity contribution >= 4 is 21.8 Å². The molecule has 0 aromatic carbocycles. The van der Waals surface area contributed by atoms with Gasteiger partial charge in [-0.05, 0) is 59.7 Å². The van der Waals surface area contributed by atoms with Crippen LogP contribution in [0.1, 0.15) is 36.0 Å². The zero-order valence-corrected chi connectivity index (χ0v) is 11.7. The topological polar surface area (TPSA) is 62.2 Å². The Hall–Kier alpha value is -0.940. The van der Waals surface area contributed by atoms with Gasteiger partial charge in [0.05, 0.1) is 11.7 Å². The van der Waals surface area contributed by atoms with E-state index in [0.29, 0.717) is 18.0 Å². The number of nitrogens with one attached hydrogen (secondary N) is 1. The fraction of sp³-hybridized carbons (Fsp3) is 0.538. The van der Waals surface area contributed by atoms with E-state index < -0.39 is 0 Å². The maximum Gasteiger partial charge on any atom is 0.252 e. The van der Waals surface area contributed by atoms with Gasteiger partial charge >= 0.3 is 0 Å². The molecule has 1 aromatic heterocycles. The van der Waals surface area contributed by atoms with Gasteiger partial charge in [-0.25, -0.2) is 4.98 Å². The van der Waals surface area contributed by atoms with Crippen molar-refractivity contribution in [2.45, 2.75) is 31.8 Å². The van der Waals surface area contributed by atoms with E-state index >= 15 is 0 Å². The van der Waals surface area contributed by atoms with Gasteiger partial charge in [0, 0.05) is 12.7 Å². The summed E-state index contributed by atoms with van der Waals surface area (Å²) in [6, 6.07) is 3.50. The smallest absolute Gasteiger partial charge is 0.252 e. The summed E-state index contributed by atoms with van der Waals surface area (Å²) in [5.74, 6) is 0.405. The fourth-order valence-corrected chi connectivity index (χ4v) is 2.43. The highest BCUT2D eigenvalue weighted by atomic mass is 79.9. The van der Waals surface area contributed by atoms with Crippen molar-refractivity contribution in [3.63, 3.8) is 0 Å². The number of pyridine rings is 1. The molecule has 18 heavy (non-hydrogen) atoms. The number of hydrogen-bond acceptors (Lipinski definition) is 3. The molecule has 4 nitrogen and oxygen atoms in total. The van der Waals surface area contributed by atoms with Crippen LogP contribution in [0.2, 0.25) is 0 Å². The Labute approximate surface area is 115 Å². The lowest BCUT2D eigenvalue weighted by atomic mass is 9.87. The van der Waals surface area contributed by atoms with Crippen molar-refractivity contribution in [2.24, 2.45) is 5.92 Å². The van der Waals surface area contributed by atoms with E-state index in [1.165, 1.54) is 0 Å². The molecule has 1 heterocycles. The van der Waals surface area contributed by atoms with E-state index in [-0.39, 0.29) is 12.0 Å². The molecule has 1 aromatic rings. The van der Waals surface area contributed by atoms with E-state index in [9.17, 15) is 9.90 Å². The van der Waals surface area contributed by atoms with Crippen molar-refractivity contribution in [3.05, 3.63) is 28.5 Å². The number of aromatic nitrogens is 1. The first-order valence-corrected chi connectivity index (χ1v) is 7.02. The highest BCUT2D eigenvalue weighted by Crippen LogP contribution is 2.23. The number of aliphatic hydroxyl groups excluding tert-OH is 1. The molecule has 1 amide bonds. The van der Waals surface area contributed by atoms with Gasteiger partial charge in [0.25, 0.3) is 5.91 Å². The third-order valence-corrected chi connectivity index (χ3v) is 3.83. The van der Waals surface area contributed by atoms with E-state index in [1.54, 1.807) is 18.3 Å². The first kappa shape index (κ1) is 13.5. The van der Waals surface area contributed by atoms with Crippen LogP contribution in [0.15, 0.2) is 22.9 Å². The number of hydrogen-bond donors (Lipinski definition) is 2. The average molecular weight is 313 g/mol. The molecule has 0 unspecified atom stereocenters. The minimum absolute atomic E-state index is 0.0823. The lowest BCUT2D eigenvalue weighted by Crippen LogP contribution is -2.32. The predicted octanol–water partition coefficient (Wildman–Crippen LogP) is 2.12. The summed E-state index contributed by atoms with van der Waals surface area (Å²) in [5, 5.41) is 12.3. The molecule has 0 radical (unpaired) electrons. The third kappa shape index (κ3) is 3.78. The zero-order chi connectivity index (χ0) is 13.0. The fourth-order valence-electron chi connectivity index (χ4n) is 2.20. The SMILES string of the molecule is O=C(NCC1CCC(O)CC1)c1ccc(Br)nc1. The van der Waals surface area contributed by atoms with Gasteiger partial charge in [-0.3, -0.25) is 4.79 Å². The molecule has 2 N–H and O–H groups in total. The lowest BCUT2D eigenvalue weighted by molar-refractivity contribution is 0.0910. The number of carbonyl (C=O) groups is 1. The Morgan fingerprint density at radius 2 is 2.11 bits per heavy atom. The number of amides is 1. The number of nitrogens with zero attached hydrogens (tertiary/aromatic N) is 1. The van der Waals surface area contributed by atoms with E-state index in [4.69, 9.17) is 0 Å². The quantitative estimate of drug-likeness (QED) is 0.840. The average Bonchev–Trinajstić information content (AvgIpc) is 2.38. The molecule has 0 spiro atoms. The van der Waals surface area contributed by atoms with Gasteiger partial charge < -0.3 is 10.4 Å². The zero-order valence-electron chi connectivity index (χ0n) is 10.1. The van der Waals surface area contributed by atoms with Crippen LogP contribution in [-0.2, 0) is 0 Å². The molecule has 1 aliphatic rings. The van der Waals surface area contributed by atoms with Crippen LogP contribution in [0.3, 0.4) is 0 Å². The van der Waals surface area contributed by atoms with Gasteiger partial charge in [-0.1, -0.05) is 0 Å². The standard InChI is InChI=1S/C13H17BrN2O2/c14-12-6-3-10(8-15-12)13(18)16-7-9-1-4-11(17)5-2-9/h3,6,8-9,11,17H,1-2,4-5,7H2,(H,16,18). The summed E-state index contributed by atoms with van der Waals surface area (Å²) in [6.45, 7) is 0.682. The predicted molar refractivity (Wildman–Crippen MR) is 72.2 cm³/mol. The lowest BCUT2D eigenvalue weighted by Gasteiger charge is -2.25. The molecular weight excluding hydrogens is 296 g/mol. The van der Waals surface area contributed by atoms with Crippen LogP contribution < -0.4 is 5.32 Å². The Balaban J connectivity index is 1.79. The van der Waals surface area contributed by atoms with Crippen molar-refractivity contribution < 1.29 is 9.90 Å². The van der Waals surface area contributed by atoms with E-state index in [1.807, 2.05) is 0 Å². The summed E-state index contributed by atoms with van der Waals surface area (Å²) >= 11 is 3.24. The second kappa shape index (κ2) is 6.29. The van der Waals surface area contributed by atoms with Crippen molar-refractivity contribution in [1.82, 2.24) is 10.3 Å². The summed E-state index contributed by atoms with van der Waals surface area (Å²) in [6.07, 6.45) is 5.08. The maximum absolute atomic E-state index is 11.8. The van der Waals surface area contributed by atoms with Gasteiger partial charge in [0.15, 0.2) is 0 Å². The second-order valence-corrected chi connectivity index (χ2v) is 5.57. The van der Waals surface area contributed by atoms with Crippen LogP contribution in [0.4, 0.5) is 0 Å². The largest absolute Gasteiger partial charge is 0.393 e. The number of halogens is 1. The van der Waals surface area contributed by atoms with Crippen molar-refractivity contribution in [3.8, 4) is 0 Å². The molecular formula is C13H17BrN2O2. The minimum Gasteiger partial charge on any atom is -0.393 e. The molecule has 5 heteroatoms. The van der Waals surface area contributed by atoms with E-state index in [2.05, 4.69) is 26.2 Å². The first-order valence-electron chi connectivity index (χ1n) is 6.23. The Bertz CT molecular complexity index is 400. The van der Waals surface area contributed by atoms with Gasteiger partial charge in [-0.15, -0.1) is 0 Å². The Kier molecular flexibility index (Phi) is 4.72. The molecule has 0 saturated heterocycles. The van der Waals surface area contributed by atoms with Crippen LogP contribution in [0.5, 0.6) is 0 Å². The first-order chi connectivity index (χ1) is 8.65. The summed E-state index contributed by atoms with van der Waals surface area (Å²) in [4.78, 5) is 15.9. The Morgan fingerprint density at radius 3 is 2.72 bits per heavy atom. The molecule has 1 aliphatic carbocycles. The minimum atomic E-state index is -0.146. The molecule has 1 fully saturated rings. The molecule has 1 saturated carbocycles. The molecule has 2 rings (SSSR count). The molecule has 0 atom stereocenters. The third-order valence-electron chi connectivity index (χ3n) is 3.36. The number of rotatable bonds is 3. The molecule has 98 valence electrons. The summed E-state index contributed by atoms with van der Waals surface area (Å²) < 4.78 is 0.723. The van der Waals surface area contributed by atoms with Gasteiger partial charge in [0.2, 0.25) is 0 Å². The summed E-state index contributed by atoms with van der Waals surface area (Å²) in [5.41, 5.74) is 0.578. The van der Waals surface area contributed by atoms with Crippen LogP contribution in [-0.4, -0.2) is 28.6 Å². The van der Waals surface area contributed by atoms with Crippen molar-refractivity contribution in [2.75, 3.05) is 6.54 Å². The maximum atomic E-state index is 11.8. The Morgan fingerprint density at radius 1 is 1.39 bits per heavy atom. The highest BCUT2D eigenvalue weighted by Gasteiger charge is 2.19. The second-order valence-electron chi connectivity index (χ2n) is 4.75. The number of carbonyl (C=O) groups excluding carboxylic acids is 1. The monoisotopic (exact) mass is 312 g/mol. The number of aliphatic hydroxyl groups is 1. The van der Waals surface area contributed by atoms with E-state index in [0.717, 1.165) is 30.3 Å². The van der Waals surface area contributed by atoms with Gasteiger partial charge in [-0.2, -0.15) is 0 Å². The highest BCUT2D eigenvalue weighted by molar-refractivity contribution is 9.10. The summed E-state index contributed by atoms with van der Waals surface area (Å²) in [7, 11) is 0. The van der Waals surface area contributed by atoms with Gasteiger partial charge in [0.1, 0.15) is 4.60 Å². The van der Waals surface area contributed by atoms with Crippen molar-refractivity contribution in [1.29, 1.82) is 0 Å². The molecule has 0 aliphatic heterocycles.